The summed E-state index contributed by atoms with van der Waals surface area (Å²) in [6.45, 7) is 4.68. The minimum atomic E-state index is -0.100. The van der Waals surface area contributed by atoms with Crippen molar-refractivity contribution >= 4 is 39.7 Å². The van der Waals surface area contributed by atoms with Crippen molar-refractivity contribution in [3.05, 3.63) is 59.4 Å². The maximum Gasteiger partial charge on any atom is 0.227 e. The molecule has 34 heavy (non-hydrogen) atoms. The van der Waals surface area contributed by atoms with Gasteiger partial charge in [0.15, 0.2) is 5.65 Å². The van der Waals surface area contributed by atoms with Crippen LogP contribution in [-0.4, -0.2) is 40.1 Å². The van der Waals surface area contributed by atoms with Gasteiger partial charge in [-0.15, -0.1) is 0 Å². The Kier molecular flexibility index (Phi) is 5.65. The van der Waals surface area contributed by atoms with E-state index < -0.39 is 0 Å². The van der Waals surface area contributed by atoms with Crippen LogP contribution in [0, 0.1) is 13.8 Å². The Balaban J connectivity index is 1.32. The molecule has 2 amide bonds. The maximum absolute atomic E-state index is 12.7. The normalized spacial score (nSPS) is 13.7. The summed E-state index contributed by atoms with van der Waals surface area (Å²) < 4.78 is 7.36. The Morgan fingerprint density at radius 1 is 1.18 bits per heavy atom. The highest BCUT2D eigenvalue weighted by Gasteiger charge is 2.24. The zero-order valence-electron chi connectivity index (χ0n) is 19.6. The van der Waals surface area contributed by atoms with Gasteiger partial charge in [-0.05, 0) is 56.5 Å². The third-order valence-electron chi connectivity index (χ3n) is 6.45. The Bertz CT molecular complexity index is 1430. The van der Waals surface area contributed by atoms with Crippen molar-refractivity contribution in [3.63, 3.8) is 0 Å². The molecule has 8 nitrogen and oxygen atoms in total. The number of hydrogen-bond donors (Lipinski definition) is 1. The van der Waals surface area contributed by atoms with Crippen molar-refractivity contribution in [2.24, 2.45) is 0 Å². The molecule has 0 aliphatic carbocycles. The van der Waals surface area contributed by atoms with Crippen LogP contribution in [0.4, 0.5) is 11.4 Å². The number of rotatable bonds is 6. The van der Waals surface area contributed by atoms with Crippen molar-refractivity contribution in [1.82, 2.24) is 14.6 Å². The van der Waals surface area contributed by atoms with Gasteiger partial charge in [0.1, 0.15) is 5.75 Å². The van der Waals surface area contributed by atoms with Gasteiger partial charge >= 0.3 is 0 Å². The summed E-state index contributed by atoms with van der Waals surface area (Å²) in [5.41, 5.74) is 6.04. The average molecular weight is 458 g/mol. The molecule has 0 radical (unpaired) electrons. The number of nitrogens with zero attached hydrogens (tertiary/aromatic N) is 4. The molecule has 4 aromatic rings. The van der Waals surface area contributed by atoms with Crippen molar-refractivity contribution < 1.29 is 14.3 Å². The Morgan fingerprint density at radius 2 is 2.00 bits per heavy atom. The van der Waals surface area contributed by atoms with Crippen molar-refractivity contribution in [3.8, 4) is 5.75 Å². The first-order valence-electron chi connectivity index (χ1n) is 11.5. The number of carbonyl (C=O) groups is 2. The standard InChI is InChI=1S/C26H27N5O3/c1-16-19(17(2)31-26(27-16)20-7-4-5-8-21(20)29-31)11-13-24(32)28-18-10-12-22(23(15-18)34-3)30-14-6-9-25(30)33/h4-5,7-8,10,12,15H,6,9,11,13-14H2,1-3H3,(H,28,32). The van der Waals surface area contributed by atoms with Crippen molar-refractivity contribution in [2.75, 3.05) is 23.9 Å². The van der Waals surface area contributed by atoms with E-state index in [1.54, 1.807) is 24.1 Å². The van der Waals surface area contributed by atoms with Gasteiger partial charge in [-0.2, -0.15) is 5.10 Å². The third-order valence-corrected chi connectivity index (χ3v) is 6.45. The SMILES string of the molecule is COc1cc(NC(=O)CCc2c(C)nc3c4ccccc4nn3c2C)ccc1N1CCCC1=O. The molecule has 1 aliphatic heterocycles. The van der Waals surface area contributed by atoms with Crippen LogP contribution in [0.1, 0.15) is 36.2 Å². The van der Waals surface area contributed by atoms with Crippen LogP contribution in [0.3, 0.4) is 0 Å². The number of benzene rings is 2. The second kappa shape index (κ2) is 8.78. The van der Waals surface area contributed by atoms with Crippen LogP contribution < -0.4 is 15.0 Å². The van der Waals surface area contributed by atoms with Crippen LogP contribution in [0.15, 0.2) is 42.5 Å². The van der Waals surface area contributed by atoms with Crippen LogP contribution >= 0.6 is 0 Å². The molecule has 8 heteroatoms. The number of aromatic nitrogens is 3. The highest BCUT2D eigenvalue weighted by molar-refractivity contribution is 5.98. The molecular formula is C26H27N5O3. The van der Waals surface area contributed by atoms with Crippen LogP contribution in [0.25, 0.3) is 16.6 Å². The van der Waals surface area contributed by atoms with E-state index in [4.69, 9.17) is 9.72 Å². The van der Waals surface area contributed by atoms with Gasteiger partial charge in [-0.25, -0.2) is 9.50 Å². The number of carbonyl (C=O) groups excluding carboxylic acids is 2. The molecule has 1 aliphatic rings. The monoisotopic (exact) mass is 457 g/mol. The molecule has 0 bridgehead atoms. The first-order chi connectivity index (χ1) is 16.5. The molecule has 5 rings (SSSR count). The lowest BCUT2D eigenvalue weighted by atomic mass is 10.1. The molecule has 0 unspecified atom stereocenters. The zero-order valence-corrected chi connectivity index (χ0v) is 19.6. The number of hydrogen-bond acceptors (Lipinski definition) is 5. The van der Waals surface area contributed by atoms with E-state index in [0.717, 1.165) is 45.6 Å². The fraction of sp³-hybridized carbons (Fsp3) is 0.308. The lowest BCUT2D eigenvalue weighted by Gasteiger charge is -2.19. The lowest BCUT2D eigenvalue weighted by Crippen LogP contribution is -2.24. The van der Waals surface area contributed by atoms with Crippen LogP contribution in [0.2, 0.25) is 0 Å². The highest BCUT2D eigenvalue weighted by atomic mass is 16.5. The van der Waals surface area contributed by atoms with Gasteiger partial charge in [-0.1, -0.05) is 12.1 Å². The fourth-order valence-corrected chi connectivity index (χ4v) is 4.68. The van der Waals surface area contributed by atoms with Gasteiger partial charge in [0.25, 0.3) is 0 Å². The lowest BCUT2D eigenvalue weighted by molar-refractivity contribution is -0.117. The average Bonchev–Trinajstić information content (AvgIpc) is 3.42. The molecule has 2 aromatic heterocycles. The number of amides is 2. The second-order valence-electron chi connectivity index (χ2n) is 8.60. The molecule has 174 valence electrons. The maximum atomic E-state index is 12.7. The van der Waals surface area contributed by atoms with E-state index in [-0.39, 0.29) is 11.8 Å². The van der Waals surface area contributed by atoms with E-state index in [1.807, 2.05) is 48.7 Å². The summed E-state index contributed by atoms with van der Waals surface area (Å²) in [7, 11) is 1.57. The van der Waals surface area contributed by atoms with E-state index in [2.05, 4.69) is 10.4 Å². The summed E-state index contributed by atoms with van der Waals surface area (Å²) in [5.74, 6) is 0.563. The van der Waals surface area contributed by atoms with Crippen molar-refractivity contribution in [1.29, 1.82) is 0 Å². The van der Waals surface area contributed by atoms with Crippen molar-refractivity contribution in [2.45, 2.75) is 39.5 Å². The predicted octanol–water partition coefficient (Wildman–Crippen LogP) is 4.21. The Labute approximate surface area is 197 Å². The number of methoxy groups -OCH3 is 1. The van der Waals surface area contributed by atoms with Gasteiger partial charge in [0, 0.05) is 47.9 Å². The number of aryl methyl sites for hydroxylation is 2. The number of fused-ring (bicyclic) bond motifs is 3. The summed E-state index contributed by atoms with van der Waals surface area (Å²) >= 11 is 0. The van der Waals surface area contributed by atoms with E-state index in [9.17, 15) is 9.59 Å². The minimum absolute atomic E-state index is 0.0940. The Hall–Kier alpha value is -3.94. The Morgan fingerprint density at radius 3 is 2.76 bits per heavy atom. The first-order valence-corrected chi connectivity index (χ1v) is 11.5. The number of ether oxygens (including phenoxy) is 1. The third kappa shape index (κ3) is 3.85. The van der Waals surface area contributed by atoms with E-state index >= 15 is 0 Å². The quantitative estimate of drug-likeness (QED) is 0.469. The topological polar surface area (TPSA) is 88.8 Å². The van der Waals surface area contributed by atoms with Crippen LogP contribution in [-0.2, 0) is 16.0 Å². The minimum Gasteiger partial charge on any atom is -0.494 e. The summed E-state index contributed by atoms with van der Waals surface area (Å²) in [6.07, 6.45) is 2.26. The van der Waals surface area contributed by atoms with Crippen LogP contribution in [0.5, 0.6) is 5.75 Å². The molecule has 2 aromatic carbocycles. The fourth-order valence-electron chi connectivity index (χ4n) is 4.68. The smallest absolute Gasteiger partial charge is 0.227 e. The molecular weight excluding hydrogens is 430 g/mol. The second-order valence-corrected chi connectivity index (χ2v) is 8.60. The van der Waals surface area contributed by atoms with Gasteiger partial charge in [0.2, 0.25) is 11.8 Å². The van der Waals surface area contributed by atoms with E-state index in [0.29, 0.717) is 37.2 Å². The van der Waals surface area contributed by atoms with Gasteiger partial charge < -0.3 is 15.0 Å². The highest BCUT2D eigenvalue weighted by Crippen LogP contribution is 2.34. The molecule has 1 fully saturated rings. The van der Waals surface area contributed by atoms with Gasteiger partial charge in [0.05, 0.1) is 18.3 Å². The predicted molar refractivity (Wildman–Crippen MR) is 131 cm³/mol. The molecule has 3 heterocycles. The van der Waals surface area contributed by atoms with E-state index in [1.165, 1.54) is 0 Å². The number of anilines is 2. The molecule has 0 saturated carbocycles. The number of nitrogens with one attached hydrogen (secondary N) is 1. The van der Waals surface area contributed by atoms with Gasteiger partial charge in [-0.3, -0.25) is 9.59 Å². The summed E-state index contributed by atoms with van der Waals surface area (Å²) in [6, 6.07) is 13.3. The zero-order chi connectivity index (χ0) is 23.8. The molecule has 1 N–H and O–H groups in total. The molecule has 0 atom stereocenters. The summed E-state index contributed by atoms with van der Waals surface area (Å²) in [4.78, 5) is 31.4. The largest absolute Gasteiger partial charge is 0.494 e. The first kappa shape index (κ1) is 21.9. The summed E-state index contributed by atoms with van der Waals surface area (Å²) in [5, 5.41) is 8.66. The molecule has 0 spiro atoms. The molecule has 1 saturated heterocycles.